The van der Waals surface area contributed by atoms with Crippen molar-refractivity contribution in [1.82, 2.24) is 15.6 Å². The number of anilines is 1. The zero-order valence-corrected chi connectivity index (χ0v) is 13.7. The third-order valence-corrected chi connectivity index (χ3v) is 4.42. The van der Waals surface area contributed by atoms with Gasteiger partial charge in [0.15, 0.2) is 11.6 Å². The van der Waals surface area contributed by atoms with E-state index in [2.05, 4.69) is 15.6 Å². The molecule has 0 spiro atoms. The van der Waals surface area contributed by atoms with Crippen molar-refractivity contribution in [3.05, 3.63) is 24.1 Å². The van der Waals surface area contributed by atoms with E-state index in [1.54, 1.807) is 12.3 Å². The van der Waals surface area contributed by atoms with Crippen LogP contribution in [0.2, 0.25) is 0 Å². The first-order valence-corrected chi connectivity index (χ1v) is 8.02. The van der Waals surface area contributed by atoms with Crippen molar-refractivity contribution in [2.45, 2.75) is 44.7 Å². The van der Waals surface area contributed by atoms with Crippen molar-refractivity contribution in [3.8, 4) is 0 Å². The van der Waals surface area contributed by atoms with Crippen LogP contribution in [0.25, 0.3) is 0 Å². The zero-order valence-electron chi connectivity index (χ0n) is 13.7. The van der Waals surface area contributed by atoms with Gasteiger partial charge in [0.2, 0.25) is 0 Å². The first-order chi connectivity index (χ1) is 11.0. The fourth-order valence-corrected chi connectivity index (χ4v) is 2.75. The molecular weight excluding hydrogens is 299 g/mol. The van der Waals surface area contributed by atoms with Crippen LogP contribution in [0.15, 0.2) is 18.3 Å². The minimum Gasteiger partial charge on any atom is -0.396 e. The van der Waals surface area contributed by atoms with Crippen LogP contribution in [0.1, 0.15) is 33.1 Å². The number of halogens is 1. The van der Waals surface area contributed by atoms with Crippen LogP contribution in [-0.2, 0) is 0 Å². The highest BCUT2D eigenvalue weighted by atomic mass is 19.1. The third-order valence-electron chi connectivity index (χ3n) is 4.42. The Morgan fingerprint density at radius 1 is 1.61 bits per heavy atom. The van der Waals surface area contributed by atoms with Crippen LogP contribution in [0.4, 0.5) is 15.0 Å². The predicted octanol–water partition coefficient (Wildman–Crippen LogP) is 1.65. The highest BCUT2D eigenvalue weighted by Crippen LogP contribution is 2.21. The summed E-state index contributed by atoms with van der Waals surface area (Å²) < 4.78 is 13.8. The van der Waals surface area contributed by atoms with E-state index in [-0.39, 0.29) is 24.5 Å². The van der Waals surface area contributed by atoms with E-state index < -0.39 is 5.54 Å². The largest absolute Gasteiger partial charge is 0.396 e. The number of hydrogen-bond acceptors (Lipinski definition) is 4. The lowest BCUT2D eigenvalue weighted by atomic mass is 9.95. The van der Waals surface area contributed by atoms with Crippen molar-refractivity contribution in [1.29, 1.82) is 0 Å². The lowest BCUT2D eigenvalue weighted by Gasteiger charge is -2.29. The zero-order chi connectivity index (χ0) is 16.9. The van der Waals surface area contributed by atoms with Gasteiger partial charge in [0.1, 0.15) is 0 Å². The van der Waals surface area contributed by atoms with Crippen molar-refractivity contribution in [2.75, 3.05) is 24.6 Å². The second-order valence-electron chi connectivity index (χ2n) is 6.23. The molecule has 2 atom stereocenters. The van der Waals surface area contributed by atoms with Crippen molar-refractivity contribution in [3.63, 3.8) is 0 Å². The van der Waals surface area contributed by atoms with E-state index in [4.69, 9.17) is 5.11 Å². The lowest BCUT2D eigenvalue weighted by Crippen LogP contribution is -2.53. The Kier molecular flexibility index (Phi) is 5.76. The Balaban J connectivity index is 1.88. The van der Waals surface area contributed by atoms with Gasteiger partial charge in [-0.25, -0.2) is 14.2 Å². The minimum absolute atomic E-state index is 0.0286. The topological polar surface area (TPSA) is 77.5 Å². The van der Waals surface area contributed by atoms with Gasteiger partial charge in [0.25, 0.3) is 0 Å². The summed E-state index contributed by atoms with van der Waals surface area (Å²) in [6.45, 7) is 5.09. The number of aliphatic hydroxyl groups excluding tert-OH is 1. The summed E-state index contributed by atoms with van der Waals surface area (Å²) in [6.07, 6.45) is 3.55. The maximum Gasteiger partial charge on any atom is 0.315 e. The van der Waals surface area contributed by atoms with Gasteiger partial charge in [-0.05, 0) is 38.3 Å². The number of pyridine rings is 1. The molecule has 1 aromatic heterocycles. The monoisotopic (exact) mass is 324 g/mol. The lowest BCUT2D eigenvalue weighted by molar-refractivity contribution is 0.199. The van der Waals surface area contributed by atoms with Crippen molar-refractivity contribution < 1.29 is 14.3 Å². The molecule has 2 unspecified atom stereocenters. The summed E-state index contributed by atoms with van der Waals surface area (Å²) in [6, 6.07) is 2.64. The second kappa shape index (κ2) is 7.59. The summed E-state index contributed by atoms with van der Waals surface area (Å²) >= 11 is 0. The van der Waals surface area contributed by atoms with Crippen LogP contribution in [0.5, 0.6) is 0 Å². The number of aliphatic hydroxyl groups is 1. The Morgan fingerprint density at radius 2 is 2.39 bits per heavy atom. The molecule has 23 heavy (non-hydrogen) atoms. The minimum atomic E-state index is -0.426. The molecule has 3 N–H and O–H groups in total. The molecule has 6 nitrogen and oxygen atoms in total. The predicted molar refractivity (Wildman–Crippen MR) is 86.9 cm³/mol. The van der Waals surface area contributed by atoms with Gasteiger partial charge in [-0.1, -0.05) is 6.92 Å². The normalized spacial score (nSPS) is 20.2. The number of carbonyl (C=O) groups excluding carboxylic acids is 1. The molecule has 1 aliphatic heterocycles. The second-order valence-corrected chi connectivity index (χ2v) is 6.23. The van der Waals surface area contributed by atoms with Gasteiger partial charge < -0.3 is 20.6 Å². The number of rotatable bonds is 6. The van der Waals surface area contributed by atoms with E-state index in [1.807, 2.05) is 18.7 Å². The molecule has 2 heterocycles. The maximum absolute atomic E-state index is 13.8. The van der Waals surface area contributed by atoms with Gasteiger partial charge >= 0.3 is 6.03 Å². The first kappa shape index (κ1) is 17.5. The number of nitrogens with one attached hydrogen (secondary N) is 2. The number of hydrogen-bond donors (Lipinski definition) is 3. The molecule has 128 valence electrons. The number of nitrogens with zero attached hydrogens (tertiary/aromatic N) is 2. The molecule has 2 amide bonds. The Morgan fingerprint density at radius 3 is 3.04 bits per heavy atom. The van der Waals surface area contributed by atoms with E-state index in [9.17, 15) is 9.18 Å². The Hall–Kier alpha value is -1.89. The highest BCUT2D eigenvalue weighted by Gasteiger charge is 2.29. The van der Waals surface area contributed by atoms with Gasteiger partial charge in [-0.3, -0.25) is 0 Å². The third kappa shape index (κ3) is 4.54. The van der Waals surface area contributed by atoms with E-state index >= 15 is 0 Å². The number of carbonyl (C=O) groups is 1. The van der Waals surface area contributed by atoms with Crippen molar-refractivity contribution in [2.24, 2.45) is 0 Å². The highest BCUT2D eigenvalue weighted by molar-refractivity contribution is 5.75. The van der Waals surface area contributed by atoms with Crippen LogP contribution in [0.3, 0.4) is 0 Å². The average Bonchev–Trinajstić information content (AvgIpc) is 2.96. The number of amides is 2. The van der Waals surface area contributed by atoms with Crippen LogP contribution in [0, 0.1) is 5.82 Å². The first-order valence-electron chi connectivity index (χ1n) is 8.02. The summed E-state index contributed by atoms with van der Waals surface area (Å²) in [5.74, 6) is -0.0185. The van der Waals surface area contributed by atoms with Gasteiger partial charge in [-0.15, -0.1) is 0 Å². The molecule has 7 heteroatoms. The number of urea groups is 1. The van der Waals surface area contributed by atoms with Gasteiger partial charge in [-0.2, -0.15) is 0 Å². The van der Waals surface area contributed by atoms with Gasteiger partial charge in [0.05, 0.1) is 0 Å². The molecule has 2 rings (SSSR count). The smallest absolute Gasteiger partial charge is 0.315 e. The van der Waals surface area contributed by atoms with E-state index in [0.717, 1.165) is 12.8 Å². The summed E-state index contributed by atoms with van der Waals surface area (Å²) in [5, 5.41) is 14.9. The Labute approximate surface area is 136 Å². The fourth-order valence-electron chi connectivity index (χ4n) is 2.75. The summed E-state index contributed by atoms with van der Waals surface area (Å²) in [5.41, 5.74) is -0.426. The summed E-state index contributed by atoms with van der Waals surface area (Å²) in [4.78, 5) is 18.1. The molecule has 0 saturated carbocycles. The molecule has 0 aliphatic carbocycles. The van der Waals surface area contributed by atoms with Crippen LogP contribution in [-0.4, -0.2) is 47.4 Å². The van der Waals surface area contributed by atoms with E-state index in [0.29, 0.717) is 25.3 Å². The molecule has 1 aliphatic rings. The standard InChI is InChI=1S/C16H25FN4O2/c1-3-16(2,7-10-22)20-15(23)19-12-6-9-21(11-12)14-13(17)5-4-8-18-14/h4-5,8,12,22H,3,6-7,9-11H2,1-2H3,(H2,19,20,23). The molecule has 0 bridgehead atoms. The SMILES string of the molecule is CCC(C)(CCO)NC(=O)NC1CCN(c2ncccc2F)C1. The van der Waals surface area contributed by atoms with Crippen molar-refractivity contribution >= 4 is 11.8 Å². The Bertz CT molecular complexity index is 543. The average molecular weight is 324 g/mol. The molecular formula is C16H25FN4O2. The number of aromatic nitrogens is 1. The molecule has 1 aromatic rings. The molecule has 0 radical (unpaired) electrons. The van der Waals surface area contributed by atoms with Gasteiger partial charge in [0, 0.05) is 37.5 Å². The van der Waals surface area contributed by atoms with Crippen LogP contribution < -0.4 is 15.5 Å². The van der Waals surface area contributed by atoms with Crippen LogP contribution >= 0.6 is 0 Å². The molecule has 1 fully saturated rings. The molecule has 1 saturated heterocycles. The maximum atomic E-state index is 13.8. The fraction of sp³-hybridized carbons (Fsp3) is 0.625. The quantitative estimate of drug-likeness (QED) is 0.743. The molecule has 0 aromatic carbocycles. The summed E-state index contributed by atoms with van der Waals surface area (Å²) in [7, 11) is 0. The van der Waals surface area contributed by atoms with E-state index in [1.165, 1.54) is 6.07 Å².